The van der Waals surface area contributed by atoms with Crippen molar-refractivity contribution < 1.29 is 28.8 Å². The van der Waals surface area contributed by atoms with Crippen LogP contribution in [0.2, 0.25) is 0 Å². The van der Waals surface area contributed by atoms with Gasteiger partial charge in [-0.15, -0.1) is 0 Å². The van der Waals surface area contributed by atoms with Crippen molar-refractivity contribution in [2.24, 2.45) is 0 Å². The molecule has 33 heavy (non-hydrogen) atoms. The number of ether oxygens (including phenoxy) is 4. The van der Waals surface area contributed by atoms with Gasteiger partial charge >= 0.3 is 5.97 Å². The molecule has 0 aromatic heterocycles. The summed E-state index contributed by atoms with van der Waals surface area (Å²) < 4.78 is 23.3. The highest BCUT2D eigenvalue weighted by atomic mass is 16.7. The number of hydrogen-bond acceptors (Lipinski definition) is 7. The minimum Gasteiger partial charge on any atom is -0.463 e. The third-order valence-electron chi connectivity index (χ3n) is 6.07. The van der Waals surface area contributed by atoms with Gasteiger partial charge in [-0.1, -0.05) is 78.1 Å². The van der Waals surface area contributed by atoms with Gasteiger partial charge in [0.05, 0.1) is 6.42 Å². The van der Waals surface area contributed by atoms with E-state index in [9.17, 15) is 9.90 Å². The lowest BCUT2D eigenvalue weighted by molar-refractivity contribution is -0.161. The highest BCUT2D eigenvalue weighted by Gasteiger charge is 2.46. The average molecular weight is 474 g/mol. The molecule has 0 aromatic rings. The van der Waals surface area contributed by atoms with Crippen LogP contribution in [0.4, 0.5) is 0 Å². The average Bonchev–Trinajstić information content (AvgIpc) is 3.09. The van der Waals surface area contributed by atoms with Crippen molar-refractivity contribution >= 4 is 5.97 Å². The van der Waals surface area contributed by atoms with Crippen molar-refractivity contribution in [1.82, 2.24) is 4.90 Å². The quantitative estimate of drug-likeness (QED) is 0.191. The smallest absolute Gasteiger partial charge is 0.307 e. The summed E-state index contributed by atoms with van der Waals surface area (Å²) in [4.78, 5) is 14.0. The highest BCUT2D eigenvalue weighted by Crippen LogP contribution is 2.27. The molecule has 0 aromatic carbocycles. The second-order valence-corrected chi connectivity index (χ2v) is 9.51. The minimum absolute atomic E-state index is 0.0708. The maximum Gasteiger partial charge on any atom is 0.307 e. The summed E-state index contributed by atoms with van der Waals surface area (Å²) in [7, 11) is 3.84. The van der Waals surface area contributed by atoms with Crippen LogP contribution in [0.3, 0.4) is 0 Å². The van der Waals surface area contributed by atoms with Crippen molar-refractivity contribution in [2.75, 3.05) is 40.5 Å². The lowest BCUT2D eigenvalue weighted by Gasteiger charge is -2.24. The van der Waals surface area contributed by atoms with Gasteiger partial charge in [-0.25, -0.2) is 0 Å². The minimum atomic E-state index is -1.06. The summed E-state index contributed by atoms with van der Waals surface area (Å²) in [6.45, 7) is 6.30. The standard InChI is InChI=1S/C26H51NO6/c1-5-7-9-11-13-15-19-30-24-22(21-32-23(28)17-18-27(3)4)33-26(29)25(24)31-20-16-14-12-10-8-6-2/h22,24-26,29H,5-21H2,1-4H3/t22-,24+,25?,26-/m1/s1. The zero-order valence-corrected chi connectivity index (χ0v) is 21.8. The van der Waals surface area contributed by atoms with E-state index >= 15 is 0 Å². The van der Waals surface area contributed by atoms with E-state index in [-0.39, 0.29) is 12.6 Å². The Morgan fingerprint density at radius 2 is 1.33 bits per heavy atom. The van der Waals surface area contributed by atoms with Gasteiger partial charge in [-0.2, -0.15) is 0 Å². The molecular weight excluding hydrogens is 422 g/mol. The number of aliphatic hydroxyl groups is 1. The third-order valence-corrected chi connectivity index (χ3v) is 6.07. The number of esters is 1. The fraction of sp³-hybridized carbons (Fsp3) is 0.962. The Kier molecular flexibility index (Phi) is 18.0. The molecule has 0 radical (unpaired) electrons. The molecule has 1 aliphatic heterocycles. The van der Waals surface area contributed by atoms with Crippen molar-refractivity contribution in [3.8, 4) is 0 Å². The lowest BCUT2D eigenvalue weighted by Crippen LogP contribution is -2.40. The molecule has 1 N–H and O–H groups in total. The Bertz CT molecular complexity index is 476. The maximum atomic E-state index is 12.0. The fourth-order valence-corrected chi connectivity index (χ4v) is 3.99. The number of hydrogen-bond donors (Lipinski definition) is 1. The SMILES string of the molecule is CCCCCCCCOC1[C@H](O)O[C@H](COC(=O)CCN(C)C)[C@@H]1OCCCCCCCC. The number of nitrogens with zero attached hydrogens (tertiary/aromatic N) is 1. The third kappa shape index (κ3) is 14.3. The molecule has 7 nitrogen and oxygen atoms in total. The summed E-state index contributed by atoms with van der Waals surface area (Å²) in [5.74, 6) is -0.270. The van der Waals surface area contributed by atoms with Gasteiger partial charge in [0.1, 0.15) is 24.9 Å². The van der Waals surface area contributed by atoms with Gasteiger partial charge in [-0.3, -0.25) is 4.79 Å². The summed E-state index contributed by atoms with van der Waals surface area (Å²) in [5, 5.41) is 10.5. The summed E-state index contributed by atoms with van der Waals surface area (Å²) in [5.41, 5.74) is 0. The Hall–Kier alpha value is -0.730. The number of carbonyl (C=O) groups is 1. The van der Waals surface area contributed by atoms with E-state index in [2.05, 4.69) is 13.8 Å². The number of rotatable bonds is 21. The van der Waals surface area contributed by atoms with E-state index in [0.717, 1.165) is 25.7 Å². The van der Waals surface area contributed by atoms with E-state index in [4.69, 9.17) is 18.9 Å². The molecule has 7 heteroatoms. The Morgan fingerprint density at radius 3 is 1.88 bits per heavy atom. The first-order chi connectivity index (χ1) is 16.0. The van der Waals surface area contributed by atoms with E-state index in [1.807, 2.05) is 19.0 Å². The predicted molar refractivity (Wildman–Crippen MR) is 131 cm³/mol. The molecule has 0 bridgehead atoms. The molecule has 1 aliphatic rings. The van der Waals surface area contributed by atoms with Crippen LogP contribution in [0.5, 0.6) is 0 Å². The van der Waals surface area contributed by atoms with E-state index < -0.39 is 24.6 Å². The molecule has 0 saturated carbocycles. The second kappa shape index (κ2) is 19.6. The number of aliphatic hydroxyl groups excluding tert-OH is 1. The first-order valence-corrected chi connectivity index (χ1v) is 13.4. The molecule has 0 spiro atoms. The van der Waals surface area contributed by atoms with E-state index in [1.165, 1.54) is 51.4 Å². The molecular formula is C26H51NO6. The van der Waals surface area contributed by atoms with Gasteiger partial charge in [0.2, 0.25) is 0 Å². The van der Waals surface area contributed by atoms with Crippen LogP contribution in [0.1, 0.15) is 97.3 Å². The van der Waals surface area contributed by atoms with Crippen LogP contribution in [-0.4, -0.2) is 81.0 Å². The molecule has 1 unspecified atom stereocenters. The summed E-state index contributed by atoms with van der Waals surface area (Å²) >= 11 is 0. The Morgan fingerprint density at radius 1 is 0.818 bits per heavy atom. The van der Waals surface area contributed by atoms with Gasteiger partial charge < -0.3 is 29.0 Å². The molecule has 1 rings (SSSR count). The van der Waals surface area contributed by atoms with E-state index in [1.54, 1.807) is 0 Å². The molecule has 4 atom stereocenters. The Balaban J connectivity index is 2.48. The first kappa shape index (κ1) is 30.3. The summed E-state index contributed by atoms with van der Waals surface area (Å²) in [6, 6.07) is 0. The molecule has 0 amide bonds. The largest absolute Gasteiger partial charge is 0.463 e. The molecule has 0 aliphatic carbocycles. The van der Waals surface area contributed by atoms with Crippen LogP contribution >= 0.6 is 0 Å². The Labute approximate surface area is 202 Å². The van der Waals surface area contributed by atoms with Crippen LogP contribution in [0, 0.1) is 0 Å². The monoisotopic (exact) mass is 473 g/mol. The van der Waals surface area contributed by atoms with Crippen LogP contribution in [0.15, 0.2) is 0 Å². The van der Waals surface area contributed by atoms with Crippen molar-refractivity contribution in [3.63, 3.8) is 0 Å². The molecule has 1 fully saturated rings. The van der Waals surface area contributed by atoms with Crippen LogP contribution in [0.25, 0.3) is 0 Å². The number of carbonyl (C=O) groups excluding carboxylic acids is 1. The topological polar surface area (TPSA) is 77.5 Å². The zero-order chi connectivity index (χ0) is 24.3. The highest BCUT2D eigenvalue weighted by molar-refractivity contribution is 5.69. The second-order valence-electron chi connectivity index (χ2n) is 9.51. The number of unbranched alkanes of at least 4 members (excludes halogenated alkanes) is 10. The normalized spacial score (nSPS) is 22.8. The first-order valence-electron chi connectivity index (χ1n) is 13.4. The van der Waals surface area contributed by atoms with Gasteiger partial charge in [0.15, 0.2) is 6.29 Å². The van der Waals surface area contributed by atoms with Gasteiger partial charge in [-0.05, 0) is 26.9 Å². The van der Waals surface area contributed by atoms with Crippen LogP contribution < -0.4 is 0 Å². The van der Waals surface area contributed by atoms with Crippen molar-refractivity contribution in [1.29, 1.82) is 0 Å². The van der Waals surface area contributed by atoms with Gasteiger partial charge in [0.25, 0.3) is 0 Å². The van der Waals surface area contributed by atoms with Crippen molar-refractivity contribution in [2.45, 2.75) is 122 Å². The zero-order valence-electron chi connectivity index (χ0n) is 21.8. The molecule has 1 saturated heterocycles. The van der Waals surface area contributed by atoms with Crippen molar-refractivity contribution in [3.05, 3.63) is 0 Å². The molecule has 1 heterocycles. The summed E-state index contributed by atoms with van der Waals surface area (Å²) in [6.07, 6.45) is 11.9. The van der Waals surface area contributed by atoms with E-state index in [0.29, 0.717) is 26.2 Å². The lowest BCUT2D eigenvalue weighted by atomic mass is 10.1. The molecule has 196 valence electrons. The van der Waals surface area contributed by atoms with Gasteiger partial charge in [0, 0.05) is 19.8 Å². The van der Waals surface area contributed by atoms with Crippen LogP contribution in [-0.2, 0) is 23.7 Å². The maximum absolute atomic E-state index is 12.0. The predicted octanol–water partition coefficient (Wildman–Crippen LogP) is 4.69. The fourth-order valence-electron chi connectivity index (χ4n) is 3.99.